The molecule has 25 heavy (non-hydrogen) atoms. The fourth-order valence-corrected chi connectivity index (χ4v) is 2.92. The Morgan fingerprint density at radius 2 is 2.04 bits per heavy atom. The van der Waals surface area contributed by atoms with Crippen LogP contribution in [0.4, 0.5) is 5.69 Å². The second-order valence-electron chi connectivity index (χ2n) is 6.24. The van der Waals surface area contributed by atoms with E-state index in [1.165, 1.54) is 24.0 Å². The van der Waals surface area contributed by atoms with Crippen molar-refractivity contribution < 1.29 is 18.7 Å². The maximum atomic E-state index is 12.2. The Morgan fingerprint density at radius 1 is 1.24 bits per heavy atom. The molecule has 0 atom stereocenters. The Hall–Kier alpha value is -2.76. The maximum Gasteiger partial charge on any atom is 0.289 e. The quantitative estimate of drug-likeness (QED) is 0.874. The number of nitrogens with zero attached hydrogens (tertiary/aromatic N) is 1. The summed E-state index contributed by atoms with van der Waals surface area (Å²) in [5.74, 6) is 0.353. The molecule has 1 aliphatic rings. The highest BCUT2D eigenvalue weighted by Gasteiger charge is 2.18. The molecule has 2 amide bonds. The van der Waals surface area contributed by atoms with Gasteiger partial charge in [-0.2, -0.15) is 0 Å². The van der Waals surface area contributed by atoms with Gasteiger partial charge in [0, 0.05) is 18.8 Å². The van der Waals surface area contributed by atoms with E-state index in [2.05, 4.69) is 5.32 Å². The molecule has 0 radical (unpaired) electrons. The van der Waals surface area contributed by atoms with Crippen LogP contribution < -0.4 is 10.1 Å². The summed E-state index contributed by atoms with van der Waals surface area (Å²) in [7, 11) is 1.56. The summed E-state index contributed by atoms with van der Waals surface area (Å²) < 4.78 is 11.0. The lowest BCUT2D eigenvalue weighted by Crippen LogP contribution is -2.34. The molecule has 0 aliphatic heterocycles. The Kier molecular flexibility index (Phi) is 5.38. The van der Waals surface area contributed by atoms with E-state index in [9.17, 15) is 9.59 Å². The second kappa shape index (κ2) is 7.88. The molecule has 6 heteroatoms. The van der Waals surface area contributed by atoms with Gasteiger partial charge in [-0.3, -0.25) is 9.59 Å². The molecule has 6 nitrogen and oxygen atoms in total. The van der Waals surface area contributed by atoms with Crippen LogP contribution in [0.3, 0.4) is 0 Å². The topological polar surface area (TPSA) is 71.8 Å². The highest BCUT2D eigenvalue weighted by molar-refractivity contribution is 5.97. The first-order chi connectivity index (χ1) is 12.1. The molecule has 1 N–H and O–H groups in total. The molecular formula is C19H22N2O4. The minimum absolute atomic E-state index is 0.0623. The molecule has 1 saturated carbocycles. The van der Waals surface area contributed by atoms with E-state index >= 15 is 0 Å². The molecule has 0 spiro atoms. The fraction of sp³-hybridized carbons (Fsp3) is 0.368. The number of hydrogen-bond donors (Lipinski definition) is 1. The lowest BCUT2D eigenvalue weighted by molar-refractivity contribution is -0.116. The molecule has 2 aromatic rings. The van der Waals surface area contributed by atoms with Gasteiger partial charge in [0.05, 0.1) is 18.9 Å². The van der Waals surface area contributed by atoms with Crippen LogP contribution in [0.5, 0.6) is 5.75 Å². The standard InChI is InChI=1S/C19H22N2O4/c1-21(19(23)17-10-5-11-24-17)13-18(22)20-14-6-4-9-16(12-14)25-15-7-2-3-8-15/h4-6,9-12,15H,2-3,7-8,13H2,1H3,(H,20,22). The van der Waals surface area contributed by atoms with Crippen molar-refractivity contribution in [3.8, 4) is 5.75 Å². The van der Waals surface area contributed by atoms with Crippen LogP contribution in [-0.2, 0) is 4.79 Å². The van der Waals surface area contributed by atoms with Gasteiger partial charge in [-0.05, 0) is 49.9 Å². The third-order valence-corrected chi connectivity index (χ3v) is 4.18. The first-order valence-electron chi connectivity index (χ1n) is 8.47. The summed E-state index contributed by atoms with van der Waals surface area (Å²) in [6, 6.07) is 10.5. The average Bonchev–Trinajstić information content (AvgIpc) is 3.28. The summed E-state index contributed by atoms with van der Waals surface area (Å²) in [6.45, 7) is -0.0623. The van der Waals surface area contributed by atoms with Crippen molar-refractivity contribution in [1.29, 1.82) is 0 Å². The number of carbonyl (C=O) groups is 2. The van der Waals surface area contributed by atoms with E-state index in [0.29, 0.717) is 5.69 Å². The van der Waals surface area contributed by atoms with E-state index in [1.807, 2.05) is 18.2 Å². The smallest absolute Gasteiger partial charge is 0.289 e. The number of nitrogens with one attached hydrogen (secondary N) is 1. The van der Waals surface area contributed by atoms with Crippen LogP contribution in [0.2, 0.25) is 0 Å². The average molecular weight is 342 g/mol. The van der Waals surface area contributed by atoms with Gasteiger partial charge in [-0.1, -0.05) is 6.07 Å². The third kappa shape index (κ3) is 4.62. The zero-order valence-electron chi connectivity index (χ0n) is 14.2. The number of benzene rings is 1. The molecule has 1 aromatic heterocycles. The molecule has 3 rings (SSSR count). The van der Waals surface area contributed by atoms with Gasteiger partial charge in [0.2, 0.25) is 5.91 Å². The van der Waals surface area contributed by atoms with E-state index in [4.69, 9.17) is 9.15 Å². The Bertz CT molecular complexity index is 721. The number of likely N-dealkylation sites (N-methyl/N-ethyl adjacent to an activating group) is 1. The Labute approximate surface area is 146 Å². The van der Waals surface area contributed by atoms with Crippen molar-refractivity contribution in [2.24, 2.45) is 0 Å². The van der Waals surface area contributed by atoms with Crippen LogP contribution >= 0.6 is 0 Å². The normalized spacial score (nSPS) is 14.3. The van der Waals surface area contributed by atoms with Crippen molar-refractivity contribution in [2.45, 2.75) is 31.8 Å². The summed E-state index contributed by atoms with van der Waals surface area (Å²) >= 11 is 0. The van der Waals surface area contributed by atoms with E-state index in [0.717, 1.165) is 18.6 Å². The molecular weight excluding hydrogens is 320 g/mol. The van der Waals surface area contributed by atoms with Gasteiger partial charge in [0.1, 0.15) is 5.75 Å². The minimum Gasteiger partial charge on any atom is -0.490 e. The van der Waals surface area contributed by atoms with E-state index in [1.54, 1.807) is 25.2 Å². The molecule has 0 unspecified atom stereocenters. The zero-order valence-corrected chi connectivity index (χ0v) is 14.2. The van der Waals surface area contributed by atoms with Crippen molar-refractivity contribution in [3.63, 3.8) is 0 Å². The first-order valence-corrected chi connectivity index (χ1v) is 8.47. The van der Waals surface area contributed by atoms with Gasteiger partial charge in [-0.15, -0.1) is 0 Å². The van der Waals surface area contributed by atoms with Crippen LogP contribution in [0, 0.1) is 0 Å². The van der Waals surface area contributed by atoms with Crippen LogP contribution in [0.25, 0.3) is 0 Å². The third-order valence-electron chi connectivity index (χ3n) is 4.18. The lowest BCUT2D eigenvalue weighted by atomic mass is 10.2. The van der Waals surface area contributed by atoms with Crippen molar-refractivity contribution in [1.82, 2.24) is 4.90 Å². The van der Waals surface area contributed by atoms with Gasteiger partial charge in [0.25, 0.3) is 5.91 Å². The molecule has 1 fully saturated rings. The van der Waals surface area contributed by atoms with Crippen molar-refractivity contribution in [3.05, 3.63) is 48.4 Å². The van der Waals surface area contributed by atoms with Crippen molar-refractivity contribution >= 4 is 17.5 Å². The zero-order chi connectivity index (χ0) is 17.6. The summed E-state index contributed by atoms with van der Waals surface area (Å²) in [5, 5.41) is 2.79. The molecule has 1 aromatic carbocycles. The SMILES string of the molecule is CN(CC(=O)Nc1cccc(OC2CCCC2)c1)C(=O)c1ccco1. The monoisotopic (exact) mass is 342 g/mol. The predicted octanol–water partition coefficient (Wildman–Crippen LogP) is 3.31. The summed E-state index contributed by atoms with van der Waals surface area (Å²) in [5.41, 5.74) is 0.652. The highest BCUT2D eigenvalue weighted by atomic mass is 16.5. The van der Waals surface area contributed by atoms with Crippen LogP contribution in [0.1, 0.15) is 36.2 Å². The molecule has 0 bridgehead atoms. The first kappa shape index (κ1) is 17.1. The van der Waals surface area contributed by atoms with Gasteiger partial charge < -0.3 is 19.4 Å². The molecule has 1 heterocycles. The van der Waals surface area contributed by atoms with Gasteiger partial charge in [0.15, 0.2) is 5.76 Å². The molecule has 132 valence electrons. The highest BCUT2D eigenvalue weighted by Crippen LogP contribution is 2.25. The van der Waals surface area contributed by atoms with Crippen molar-refractivity contribution in [2.75, 3.05) is 18.9 Å². The molecule has 1 aliphatic carbocycles. The van der Waals surface area contributed by atoms with Gasteiger partial charge >= 0.3 is 0 Å². The number of furan rings is 1. The number of amides is 2. The number of ether oxygens (including phenoxy) is 1. The summed E-state index contributed by atoms with van der Waals surface area (Å²) in [4.78, 5) is 25.6. The lowest BCUT2D eigenvalue weighted by Gasteiger charge is -2.16. The van der Waals surface area contributed by atoms with Crippen LogP contribution in [0.15, 0.2) is 47.1 Å². The number of anilines is 1. The minimum atomic E-state index is -0.335. The van der Waals surface area contributed by atoms with Gasteiger partial charge in [-0.25, -0.2) is 0 Å². The number of carbonyl (C=O) groups excluding carboxylic acids is 2. The maximum absolute atomic E-state index is 12.2. The summed E-state index contributed by atoms with van der Waals surface area (Å²) in [6.07, 6.45) is 6.26. The largest absolute Gasteiger partial charge is 0.490 e. The fourth-order valence-electron chi connectivity index (χ4n) is 2.92. The van der Waals surface area contributed by atoms with Crippen LogP contribution in [-0.4, -0.2) is 36.4 Å². The Balaban J connectivity index is 1.54. The number of hydrogen-bond acceptors (Lipinski definition) is 4. The molecule has 0 saturated heterocycles. The Morgan fingerprint density at radius 3 is 2.76 bits per heavy atom. The number of rotatable bonds is 6. The predicted molar refractivity (Wildman–Crippen MR) is 93.6 cm³/mol. The van der Waals surface area contributed by atoms with E-state index < -0.39 is 0 Å². The second-order valence-corrected chi connectivity index (χ2v) is 6.24. The van der Waals surface area contributed by atoms with E-state index in [-0.39, 0.29) is 30.2 Å².